The number of methoxy groups -OCH3 is 1. The number of aromatic amines is 1. The maximum absolute atomic E-state index is 5.27. The molecule has 0 aliphatic heterocycles. The van der Waals surface area contributed by atoms with E-state index in [2.05, 4.69) is 30.2 Å². The second-order valence-electron chi connectivity index (χ2n) is 5.86. The molecule has 4 aromatic rings. The van der Waals surface area contributed by atoms with Crippen molar-refractivity contribution in [3.63, 3.8) is 0 Å². The predicted octanol–water partition coefficient (Wildman–Crippen LogP) is 3.34. The monoisotopic (exact) mass is 346 g/mol. The summed E-state index contributed by atoms with van der Waals surface area (Å²) in [5, 5.41) is 3.33. The number of anilines is 1. The van der Waals surface area contributed by atoms with Gasteiger partial charge in [-0.25, -0.2) is 15.0 Å². The number of hydrogen-bond donors (Lipinski definition) is 2. The van der Waals surface area contributed by atoms with Crippen LogP contribution in [0.1, 0.15) is 11.4 Å². The van der Waals surface area contributed by atoms with E-state index >= 15 is 0 Å². The zero-order valence-electron chi connectivity index (χ0n) is 14.5. The van der Waals surface area contributed by atoms with Crippen molar-refractivity contribution >= 4 is 17.0 Å². The van der Waals surface area contributed by atoms with Gasteiger partial charge in [-0.2, -0.15) is 0 Å². The molecule has 0 fully saturated rings. The summed E-state index contributed by atoms with van der Waals surface area (Å²) in [5.74, 6) is 2.23. The number of aryl methyl sites for hydroxylation is 1. The van der Waals surface area contributed by atoms with Crippen molar-refractivity contribution in [1.82, 2.24) is 24.9 Å². The van der Waals surface area contributed by atoms with Crippen molar-refractivity contribution < 1.29 is 4.74 Å². The molecule has 130 valence electrons. The number of pyridine rings is 1. The number of fused-ring (bicyclic) bond motifs is 1. The number of benzene rings is 1. The van der Waals surface area contributed by atoms with E-state index in [1.54, 1.807) is 13.4 Å². The fourth-order valence-corrected chi connectivity index (χ4v) is 2.74. The third kappa shape index (κ3) is 3.19. The van der Waals surface area contributed by atoms with Crippen LogP contribution in [0.4, 0.5) is 5.82 Å². The van der Waals surface area contributed by atoms with Gasteiger partial charge in [0, 0.05) is 18.3 Å². The van der Waals surface area contributed by atoms with Crippen LogP contribution in [0.5, 0.6) is 5.75 Å². The molecule has 0 aliphatic rings. The number of hydrogen-bond acceptors (Lipinski definition) is 6. The maximum Gasteiger partial charge on any atom is 0.183 e. The predicted molar refractivity (Wildman–Crippen MR) is 100.0 cm³/mol. The first-order valence-electron chi connectivity index (χ1n) is 8.24. The molecule has 0 bridgehead atoms. The largest absolute Gasteiger partial charge is 0.497 e. The number of nitrogens with one attached hydrogen (secondary N) is 2. The third-order valence-electron chi connectivity index (χ3n) is 4.05. The van der Waals surface area contributed by atoms with Crippen molar-refractivity contribution in [3.8, 4) is 17.0 Å². The van der Waals surface area contributed by atoms with Crippen LogP contribution in [-0.4, -0.2) is 32.0 Å². The van der Waals surface area contributed by atoms with Crippen molar-refractivity contribution in [2.24, 2.45) is 0 Å². The maximum atomic E-state index is 5.27. The number of ether oxygens (including phenoxy) is 1. The van der Waals surface area contributed by atoms with Crippen LogP contribution in [0, 0.1) is 6.92 Å². The number of rotatable bonds is 5. The summed E-state index contributed by atoms with van der Waals surface area (Å²) in [6.07, 6.45) is 3.48. The summed E-state index contributed by atoms with van der Waals surface area (Å²) >= 11 is 0. The molecule has 7 heteroatoms. The van der Waals surface area contributed by atoms with E-state index in [4.69, 9.17) is 4.74 Å². The average molecular weight is 346 g/mol. The molecule has 7 nitrogen and oxygen atoms in total. The molecule has 0 radical (unpaired) electrons. The minimum Gasteiger partial charge on any atom is -0.497 e. The molecule has 0 amide bonds. The van der Waals surface area contributed by atoms with Gasteiger partial charge < -0.3 is 15.0 Å². The summed E-state index contributed by atoms with van der Waals surface area (Å²) in [7, 11) is 1.66. The molecule has 0 unspecified atom stereocenters. The van der Waals surface area contributed by atoms with Crippen LogP contribution >= 0.6 is 0 Å². The number of H-pyrrole nitrogens is 1. The summed E-state index contributed by atoms with van der Waals surface area (Å²) < 4.78 is 5.27. The Labute approximate surface area is 150 Å². The molecule has 2 N–H and O–H groups in total. The van der Waals surface area contributed by atoms with E-state index in [1.165, 1.54) is 0 Å². The number of nitrogens with zero attached hydrogens (tertiary/aromatic N) is 4. The highest BCUT2D eigenvalue weighted by Crippen LogP contribution is 2.22. The van der Waals surface area contributed by atoms with Gasteiger partial charge in [-0.15, -0.1) is 0 Å². The summed E-state index contributed by atoms with van der Waals surface area (Å²) in [5.41, 5.74) is 4.44. The van der Waals surface area contributed by atoms with E-state index < -0.39 is 0 Å². The Hall–Kier alpha value is -3.48. The lowest BCUT2D eigenvalue weighted by molar-refractivity contribution is 0.415. The first-order valence-corrected chi connectivity index (χ1v) is 8.24. The fraction of sp³-hybridized carbons (Fsp3) is 0.158. The van der Waals surface area contributed by atoms with Crippen LogP contribution in [-0.2, 0) is 6.54 Å². The second kappa shape index (κ2) is 6.79. The topological polar surface area (TPSA) is 88.6 Å². The molecule has 1 aromatic carbocycles. The van der Waals surface area contributed by atoms with Crippen LogP contribution < -0.4 is 10.1 Å². The highest BCUT2D eigenvalue weighted by Gasteiger charge is 2.08. The molecule has 3 aromatic heterocycles. The van der Waals surface area contributed by atoms with E-state index in [1.807, 2.05) is 49.5 Å². The van der Waals surface area contributed by atoms with Gasteiger partial charge in [-0.05, 0) is 30.7 Å². The van der Waals surface area contributed by atoms with E-state index in [9.17, 15) is 0 Å². The van der Waals surface area contributed by atoms with Crippen molar-refractivity contribution in [2.45, 2.75) is 13.5 Å². The average Bonchev–Trinajstić information content (AvgIpc) is 3.15. The number of aromatic nitrogens is 5. The number of imidazole rings is 1. The Kier molecular flexibility index (Phi) is 4.18. The molecule has 0 saturated carbocycles. The first-order chi connectivity index (χ1) is 12.7. The fourth-order valence-electron chi connectivity index (χ4n) is 2.74. The smallest absolute Gasteiger partial charge is 0.183 e. The molecule has 0 spiro atoms. The molecule has 0 saturated heterocycles. The molecule has 3 heterocycles. The Morgan fingerprint density at radius 3 is 2.85 bits per heavy atom. The van der Waals surface area contributed by atoms with E-state index in [-0.39, 0.29) is 0 Å². The van der Waals surface area contributed by atoms with E-state index in [0.29, 0.717) is 18.0 Å². The van der Waals surface area contributed by atoms with Crippen LogP contribution in [0.2, 0.25) is 0 Å². The van der Waals surface area contributed by atoms with Crippen molar-refractivity contribution in [2.75, 3.05) is 12.4 Å². The minimum absolute atomic E-state index is 0.607. The van der Waals surface area contributed by atoms with Crippen molar-refractivity contribution in [3.05, 3.63) is 60.3 Å². The molecule has 26 heavy (non-hydrogen) atoms. The summed E-state index contributed by atoms with van der Waals surface area (Å²) in [6.45, 7) is 2.46. The zero-order valence-corrected chi connectivity index (χ0v) is 14.5. The lowest BCUT2D eigenvalue weighted by Gasteiger charge is -2.08. The van der Waals surface area contributed by atoms with Gasteiger partial charge in [0.25, 0.3) is 0 Å². The Balaban J connectivity index is 1.51. The minimum atomic E-state index is 0.607. The van der Waals surface area contributed by atoms with Gasteiger partial charge in [0.1, 0.15) is 17.1 Å². The van der Waals surface area contributed by atoms with Gasteiger partial charge >= 0.3 is 0 Å². The van der Waals surface area contributed by atoms with Gasteiger partial charge in [-0.3, -0.25) is 4.98 Å². The summed E-state index contributed by atoms with van der Waals surface area (Å²) in [6, 6.07) is 11.9. The van der Waals surface area contributed by atoms with Gasteiger partial charge in [-0.1, -0.05) is 18.2 Å². The Morgan fingerprint density at radius 2 is 2.04 bits per heavy atom. The standard InChI is InChI=1S/C19H18N6O/c1-12-24-18(17-19(25-12)23-11-22-17)21-10-13-6-7-16(20-9-13)14-4-3-5-15(8-14)26-2/h3-9,11H,10H2,1-2H3,(H2,21,22,23,24,25). The normalized spacial score (nSPS) is 10.8. The Bertz CT molecular complexity index is 1040. The van der Waals surface area contributed by atoms with Crippen LogP contribution in [0.15, 0.2) is 48.9 Å². The SMILES string of the molecule is COc1cccc(-c2ccc(CNc3nc(C)nc4nc[nH]c34)cn2)c1. The van der Waals surface area contributed by atoms with E-state index in [0.717, 1.165) is 33.9 Å². The zero-order chi connectivity index (χ0) is 17.9. The molecular formula is C19H18N6O. The van der Waals surface area contributed by atoms with Gasteiger partial charge in [0.05, 0.1) is 19.1 Å². The first kappa shape index (κ1) is 16.0. The van der Waals surface area contributed by atoms with Crippen molar-refractivity contribution in [1.29, 1.82) is 0 Å². The lowest BCUT2D eigenvalue weighted by atomic mass is 10.1. The van der Waals surface area contributed by atoms with Crippen LogP contribution in [0.3, 0.4) is 0 Å². The highest BCUT2D eigenvalue weighted by atomic mass is 16.5. The molecular weight excluding hydrogens is 328 g/mol. The quantitative estimate of drug-likeness (QED) is 0.576. The van der Waals surface area contributed by atoms with Gasteiger partial charge in [0.2, 0.25) is 0 Å². The van der Waals surface area contributed by atoms with Gasteiger partial charge in [0.15, 0.2) is 11.5 Å². The lowest BCUT2D eigenvalue weighted by Crippen LogP contribution is -2.04. The molecule has 4 rings (SSSR count). The second-order valence-corrected chi connectivity index (χ2v) is 5.86. The third-order valence-corrected chi connectivity index (χ3v) is 4.05. The summed E-state index contributed by atoms with van der Waals surface area (Å²) in [4.78, 5) is 20.5. The molecule has 0 aliphatic carbocycles. The Morgan fingerprint density at radius 1 is 1.12 bits per heavy atom. The molecule has 0 atom stereocenters. The highest BCUT2D eigenvalue weighted by molar-refractivity contribution is 5.82. The van der Waals surface area contributed by atoms with Crippen LogP contribution in [0.25, 0.3) is 22.4 Å².